The van der Waals surface area contributed by atoms with Crippen LogP contribution >= 0.6 is 8.30 Å². The third-order valence-electron chi connectivity index (χ3n) is 2.61. The summed E-state index contributed by atoms with van der Waals surface area (Å²) < 4.78 is 7.43. The molecule has 1 amide bonds. The third-order valence-corrected chi connectivity index (χ3v) is 4.14. The number of rotatable bonds is 0. The number of amides is 1. The van der Waals surface area contributed by atoms with E-state index in [-0.39, 0.29) is 5.91 Å². The largest absolute Gasteiger partial charge is 0.451 e. The van der Waals surface area contributed by atoms with Crippen LogP contribution in [0.3, 0.4) is 0 Å². The molecule has 1 aromatic carbocycles. The molecule has 3 nitrogen and oxygen atoms in total. The molecule has 0 N–H and O–H groups in total. The van der Waals surface area contributed by atoms with Crippen LogP contribution in [0, 0.1) is 13.8 Å². The first-order valence-electron chi connectivity index (χ1n) is 4.84. The van der Waals surface area contributed by atoms with Gasteiger partial charge in [-0.05, 0) is 37.1 Å². The van der Waals surface area contributed by atoms with Gasteiger partial charge in [-0.15, -0.1) is 0 Å². The highest BCUT2D eigenvalue weighted by Gasteiger charge is 2.31. The first kappa shape index (κ1) is 10.4. The number of benzene rings is 1. The Balaban J connectivity index is 2.54. The van der Waals surface area contributed by atoms with Gasteiger partial charge in [-0.1, -0.05) is 0 Å². The molecule has 0 saturated carbocycles. The molecular weight excluding hydrogens is 209 g/mol. The second-order valence-corrected chi connectivity index (χ2v) is 5.30. The Morgan fingerprint density at radius 2 is 1.93 bits per heavy atom. The molecule has 0 aliphatic carbocycles. The molecule has 1 heterocycles. The highest BCUT2D eigenvalue weighted by Crippen LogP contribution is 2.54. The zero-order chi connectivity index (χ0) is 11.2. The van der Waals surface area contributed by atoms with Crippen molar-refractivity contribution in [1.29, 1.82) is 0 Å². The predicted octanol–water partition coefficient (Wildman–Crippen LogP) is 2.99. The minimum absolute atomic E-state index is 0.0469. The smallest absolute Gasteiger partial charge is 0.229 e. The van der Waals surface area contributed by atoms with E-state index in [0.717, 1.165) is 11.4 Å². The van der Waals surface area contributed by atoms with Crippen molar-refractivity contribution in [2.75, 3.05) is 11.3 Å². The number of nitrogens with zero attached hydrogens (tertiary/aromatic N) is 1. The lowest BCUT2D eigenvalue weighted by Crippen LogP contribution is -2.19. The number of carbonyl (C=O) groups excluding carboxylic acids is 1. The molecule has 0 saturated heterocycles. The van der Waals surface area contributed by atoms with Crippen LogP contribution in [0.2, 0.25) is 0 Å². The van der Waals surface area contributed by atoms with Gasteiger partial charge in [-0.3, -0.25) is 9.46 Å². The van der Waals surface area contributed by atoms with E-state index in [2.05, 4.69) is 0 Å². The minimum Gasteiger partial charge on any atom is -0.451 e. The molecule has 1 atom stereocenters. The van der Waals surface area contributed by atoms with Crippen molar-refractivity contribution in [2.24, 2.45) is 0 Å². The van der Waals surface area contributed by atoms with Crippen LogP contribution in [0.5, 0.6) is 5.75 Å². The summed E-state index contributed by atoms with van der Waals surface area (Å²) in [5.41, 5.74) is 3.30. The van der Waals surface area contributed by atoms with E-state index in [4.69, 9.17) is 4.52 Å². The lowest BCUT2D eigenvalue weighted by atomic mass is 10.1. The summed E-state index contributed by atoms with van der Waals surface area (Å²) in [7, 11) is -0.836. The zero-order valence-electron chi connectivity index (χ0n) is 9.37. The monoisotopic (exact) mass is 223 g/mol. The molecule has 1 aromatic rings. The standard InChI is InChI=1S/C11H14NO2P/c1-7-5-10-11(6-8(7)2)14-15(4)12(10)9(3)13/h5-6H,1-4H3. The summed E-state index contributed by atoms with van der Waals surface area (Å²) in [6, 6.07) is 4.03. The van der Waals surface area contributed by atoms with Gasteiger partial charge >= 0.3 is 0 Å². The van der Waals surface area contributed by atoms with Crippen LogP contribution in [0.4, 0.5) is 5.69 Å². The summed E-state index contributed by atoms with van der Waals surface area (Å²) in [5, 5.41) is 0. The molecule has 0 radical (unpaired) electrons. The van der Waals surface area contributed by atoms with Crippen molar-refractivity contribution in [2.45, 2.75) is 20.8 Å². The highest BCUT2D eigenvalue weighted by molar-refractivity contribution is 7.55. The number of hydrogen-bond donors (Lipinski definition) is 0. The van der Waals surface area contributed by atoms with Crippen molar-refractivity contribution in [3.8, 4) is 5.75 Å². The van der Waals surface area contributed by atoms with Crippen molar-refractivity contribution in [3.63, 3.8) is 0 Å². The lowest BCUT2D eigenvalue weighted by molar-refractivity contribution is -0.115. The fourth-order valence-corrected chi connectivity index (χ4v) is 3.08. The second-order valence-electron chi connectivity index (χ2n) is 3.79. The van der Waals surface area contributed by atoms with E-state index in [1.54, 1.807) is 11.6 Å². The van der Waals surface area contributed by atoms with Crippen LogP contribution in [0.25, 0.3) is 0 Å². The van der Waals surface area contributed by atoms with Gasteiger partial charge in [0.1, 0.15) is 5.75 Å². The van der Waals surface area contributed by atoms with Crippen molar-refractivity contribution in [1.82, 2.24) is 0 Å². The van der Waals surface area contributed by atoms with Crippen molar-refractivity contribution in [3.05, 3.63) is 23.3 Å². The zero-order valence-corrected chi connectivity index (χ0v) is 10.3. The number of aryl methyl sites for hydroxylation is 2. The maximum Gasteiger partial charge on any atom is 0.229 e. The maximum atomic E-state index is 11.5. The third kappa shape index (κ3) is 1.61. The maximum absolute atomic E-state index is 11.5. The van der Waals surface area contributed by atoms with Gasteiger partial charge in [0.2, 0.25) is 5.91 Å². The molecule has 0 bridgehead atoms. The van der Waals surface area contributed by atoms with Crippen LogP contribution < -0.4 is 9.19 Å². The summed E-state index contributed by atoms with van der Waals surface area (Å²) in [5.74, 6) is 0.882. The molecule has 2 rings (SSSR count). The van der Waals surface area contributed by atoms with Crippen LogP contribution in [-0.4, -0.2) is 12.6 Å². The van der Waals surface area contributed by atoms with Gasteiger partial charge in [0, 0.05) is 13.6 Å². The average Bonchev–Trinajstić information content (AvgIpc) is 2.41. The molecule has 80 valence electrons. The molecule has 4 heteroatoms. The molecule has 0 spiro atoms. The summed E-state index contributed by atoms with van der Waals surface area (Å²) in [4.78, 5) is 11.5. The Kier molecular flexibility index (Phi) is 2.43. The van der Waals surface area contributed by atoms with E-state index in [1.165, 1.54) is 11.1 Å². The Morgan fingerprint density at radius 3 is 2.53 bits per heavy atom. The van der Waals surface area contributed by atoms with Crippen molar-refractivity contribution >= 4 is 19.9 Å². The van der Waals surface area contributed by atoms with Gasteiger partial charge in [0.05, 0.1) is 5.69 Å². The molecule has 1 aliphatic heterocycles. The summed E-state index contributed by atoms with van der Waals surface area (Å²) >= 11 is 0. The predicted molar refractivity (Wildman–Crippen MR) is 62.5 cm³/mol. The van der Waals surface area contributed by atoms with Gasteiger partial charge in [-0.25, -0.2) is 0 Å². The second kappa shape index (κ2) is 3.49. The first-order valence-corrected chi connectivity index (χ1v) is 6.50. The number of fused-ring (bicyclic) bond motifs is 1. The molecule has 15 heavy (non-hydrogen) atoms. The molecule has 0 aromatic heterocycles. The summed E-state index contributed by atoms with van der Waals surface area (Å²) in [6.07, 6.45) is 0. The van der Waals surface area contributed by atoms with Crippen LogP contribution in [-0.2, 0) is 4.79 Å². The minimum atomic E-state index is -0.836. The van der Waals surface area contributed by atoms with E-state index in [1.807, 2.05) is 32.6 Å². The average molecular weight is 223 g/mol. The van der Waals surface area contributed by atoms with Gasteiger partial charge < -0.3 is 4.52 Å². The topological polar surface area (TPSA) is 29.5 Å². The Labute approximate surface area is 90.9 Å². The molecule has 1 unspecified atom stereocenters. The Hall–Kier alpha value is -1.08. The quantitative estimate of drug-likeness (QED) is 0.633. The number of hydrogen-bond acceptors (Lipinski definition) is 2. The van der Waals surface area contributed by atoms with Crippen LogP contribution in [0.15, 0.2) is 12.1 Å². The van der Waals surface area contributed by atoms with Gasteiger partial charge in [0.15, 0.2) is 8.30 Å². The van der Waals surface area contributed by atoms with E-state index < -0.39 is 8.30 Å². The van der Waals surface area contributed by atoms with E-state index >= 15 is 0 Å². The first-order chi connectivity index (χ1) is 7.00. The molecule has 1 aliphatic rings. The van der Waals surface area contributed by atoms with Gasteiger partial charge in [-0.2, -0.15) is 0 Å². The number of anilines is 1. The van der Waals surface area contributed by atoms with Gasteiger partial charge in [0.25, 0.3) is 0 Å². The molecular formula is C11H14NO2P. The fourth-order valence-electron chi connectivity index (χ4n) is 1.72. The number of carbonyl (C=O) groups is 1. The normalized spacial score (nSPS) is 18.7. The lowest BCUT2D eigenvalue weighted by Gasteiger charge is -2.16. The van der Waals surface area contributed by atoms with Crippen molar-refractivity contribution < 1.29 is 9.32 Å². The van der Waals surface area contributed by atoms with Crippen LogP contribution in [0.1, 0.15) is 18.1 Å². The fraction of sp³-hybridized carbons (Fsp3) is 0.364. The highest BCUT2D eigenvalue weighted by atomic mass is 31.2. The summed E-state index contributed by atoms with van der Waals surface area (Å²) in [6.45, 7) is 7.62. The Morgan fingerprint density at radius 1 is 1.33 bits per heavy atom. The Bertz CT molecular complexity index is 431. The molecule has 0 fully saturated rings. The SMILES string of the molecule is CC(=O)N1c2cc(C)c(C)cc2OP1C. The van der Waals surface area contributed by atoms with E-state index in [9.17, 15) is 4.79 Å². The van der Waals surface area contributed by atoms with E-state index in [0.29, 0.717) is 0 Å².